The number of hydrogen-bond acceptors (Lipinski definition) is 4. The zero-order valence-electron chi connectivity index (χ0n) is 19.3. The van der Waals surface area contributed by atoms with Gasteiger partial charge in [0.15, 0.2) is 0 Å². The Morgan fingerprint density at radius 3 is 2.65 bits per heavy atom. The third kappa shape index (κ3) is 3.14. The molecule has 0 aliphatic heterocycles. The highest BCUT2D eigenvalue weighted by molar-refractivity contribution is 5.80. The van der Waals surface area contributed by atoms with E-state index in [1.807, 2.05) is 18.7 Å². The van der Waals surface area contributed by atoms with Crippen LogP contribution in [0.3, 0.4) is 0 Å². The van der Waals surface area contributed by atoms with Gasteiger partial charge in [-0.25, -0.2) is 4.98 Å². The van der Waals surface area contributed by atoms with Crippen molar-refractivity contribution in [2.24, 2.45) is 34.5 Å². The van der Waals surface area contributed by atoms with Crippen molar-refractivity contribution < 1.29 is 14.3 Å². The molecule has 0 aromatic carbocycles. The van der Waals surface area contributed by atoms with E-state index >= 15 is 0 Å². The Morgan fingerprint density at radius 2 is 1.97 bits per heavy atom. The van der Waals surface area contributed by atoms with Crippen molar-refractivity contribution in [2.75, 3.05) is 0 Å². The molecule has 0 saturated heterocycles. The smallest absolute Gasteiger partial charge is 0.302 e. The van der Waals surface area contributed by atoms with Gasteiger partial charge in [-0.2, -0.15) is 0 Å². The first-order chi connectivity index (χ1) is 14.7. The summed E-state index contributed by atoms with van der Waals surface area (Å²) in [6.45, 7) is 8.18. The van der Waals surface area contributed by atoms with E-state index in [-0.39, 0.29) is 34.9 Å². The summed E-state index contributed by atoms with van der Waals surface area (Å²) in [5.41, 5.74) is 1.79. The number of ketones is 1. The van der Waals surface area contributed by atoms with Gasteiger partial charge >= 0.3 is 5.97 Å². The van der Waals surface area contributed by atoms with Crippen molar-refractivity contribution in [2.45, 2.75) is 84.8 Å². The molecule has 8 atom stereocenters. The molecule has 1 heterocycles. The van der Waals surface area contributed by atoms with Crippen LogP contribution in [0.25, 0.3) is 0 Å². The molecule has 0 spiro atoms. The van der Waals surface area contributed by atoms with Crippen molar-refractivity contribution in [3.63, 3.8) is 0 Å². The molecule has 168 valence electrons. The lowest BCUT2D eigenvalue weighted by atomic mass is 9.47. The van der Waals surface area contributed by atoms with Gasteiger partial charge in [-0.1, -0.05) is 25.5 Å². The van der Waals surface area contributed by atoms with Gasteiger partial charge in [-0.3, -0.25) is 9.59 Å². The van der Waals surface area contributed by atoms with Crippen molar-refractivity contribution in [1.29, 1.82) is 0 Å². The van der Waals surface area contributed by atoms with E-state index < -0.39 is 0 Å². The summed E-state index contributed by atoms with van der Waals surface area (Å²) >= 11 is 0. The number of carbonyl (C=O) groups excluding carboxylic acids is 2. The summed E-state index contributed by atoms with van der Waals surface area (Å²) in [7, 11) is 0. The Hall–Kier alpha value is -1.91. The Labute approximate surface area is 185 Å². The average Bonchev–Trinajstić information content (AvgIpc) is 3.33. The number of allylic oxidation sites excluding steroid dienone is 1. The van der Waals surface area contributed by atoms with Gasteiger partial charge in [-0.15, -0.1) is 0 Å². The summed E-state index contributed by atoms with van der Waals surface area (Å²) in [5, 5.41) is 0. The maximum absolute atomic E-state index is 12.9. The highest BCUT2D eigenvalue weighted by Gasteiger charge is 2.62. The summed E-state index contributed by atoms with van der Waals surface area (Å²) in [6, 6.07) is 0.228. The van der Waals surface area contributed by atoms with Crippen LogP contribution in [0.1, 0.15) is 78.7 Å². The number of imidazole rings is 1. The van der Waals surface area contributed by atoms with E-state index in [1.54, 1.807) is 6.92 Å². The molecule has 5 heteroatoms. The molecule has 5 rings (SSSR count). The van der Waals surface area contributed by atoms with Crippen LogP contribution >= 0.6 is 0 Å². The van der Waals surface area contributed by atoms with Crippen LogP contribution in [0.5, 0.6) is 0 Å². The van der Waals surface area contributed by atoms with E-state index in [9.17, 15) is 9.59 Å². The summed E-state index contributed by atoms with van der Waals surface area (Å²) in [4.78, 5) is 28.7. The minimum absolute atomic E-state index is 0.0430. The van der Waals surface area contributed by atoms with Crippen LogP contribution in [0, 0.1) is 34.5 Å². The molecule has 8 unspecified atom stereocenters. The van der Waals surface area contributed by atoms with E-state index in [0.29, 0.717) is 23.5 Å². The molecule has 3 saturated carbocycles. The molecule has 1 aromatic heterocycles. The fourth-order valence-corrected chi connectivity index (χ4v) is 8.47. The van der Waals surface area contributed by atoms with Crippen molar-refractivity contribution in [3.05, 3.63) is 30.4 Å². The number of rotatable bonds is 3. The first-order valence-corrected chi connectivity index (χ1v) is 12.1. The second-order valence-corrected chi connectivity index (χ2v) is 11.2. The second-order valence-electron chi connectivity index (χ2n) is 11.2. The molecule has 0 amide bonds. The van der Waals surface area contributed by atoms with Crippen molar-refractivity contribution >= 4 is 11.8 Å². The standard InChI is InChI=1S/C26H36N2O3/c1-16(29)24-23(28-12-11-27-15-28)14-22-20-6-5-18-13-19(31-17(2)30)7-9-25(18,3)21(20)8-10-26(22,24)4/h5,11-12,15,19-24H,6-10,13-14H2,1-4H3. The van der Waals surface area contributed by atoms with Crippen LogP contribution in [0.4, 0.5) is 0 Å². The molecule has 5 nitrogen and oxygen atoms in total. The molecule has 4 aliphatic rings. The van der Waals surface area contributed by atoms with Gasteiger partial charge in [0.05, 0.1) is 6.33 Å². The molecule has 0 bridgehead atoms. The highest BCUT2D eigenvalue weighted by Crippen LogP contribution is 2.68. The Bertz CT molecular complexity index is 906. The quantitative estimate of drug-likeness (QED) is 0.498. The molecule has 1 aromatic rings. The number of aromatic nitrogens is 2. The molecule has 4 aliphatic carbocycles. The van der Waals surface area contributed by atoms with E-state index in [0.717, 1.165) is 38.5 Å². The molecule has 0 radical (unpaired) electrons. The fraction of sp³-hybridized carbons (Fsp3) is 0.731. The fourth-order valence-electron chi connectivity index (χ4n) is 8.47. The van der Waals surface area contributed by atoms with Crippen LogP contribution in [-0.2, 0) is 14.3 Å². The predicted molar refractivity (Wildman–Crippen MR) is 118 cm³/mol. The largest absolute Gasteiger partial charge is 0.462 e. The van der Waals surface area contributed by atoms with E-state index in [1.165, 1.54) is 18.9 Å². The molecular formula is C26H36N2O3. The van der Waals surface area contributed by atoms with Crippen LogP contribution in [-0.4, -0.2) is 27.4 Å². The molecular weight excluding hydrogens is 388 g/mol. The summed E-state index contributed by atoms with van der Waals surface area (Å²) < 4.78 is 7.77. The number of hydrogen-bond donors (Lipinski definition) is 0. The Balaban J connectivity index is 1.46. The average molecular weight is 425 g/mol. The second kappa shape index (κ2) is 7.31. The summed E-state index contributed by atoms with van der Waals surface area (Å²) in [6.07, 6.45) is 15.8. The van der Waals surface area contributed by atoms with Crippen molar-refractivity contribution in [1.82, 2.24) is 9.55 Å². The first kappa shape index (κ1) is 21.0. The monoisotopic (exact) mass is 424 g/mol. The number of fused-ring (bicyclic) bond motifs is 5. The minimum Gasteiger partial charge on any atom is -0.462 e. The van der Waals surface area contributed by atoms with Gasteiger partial charge in [0.25, 0.3) is 0 Å². The lowest BCUT2D eigenvalue weighted by Crippen LogP contribution is -2.51. The van der Waals surface area contributed by atoms with Crippen LogP contribution in [0.2, 0.25) is 0 Å². The van der Waals surface area contributed by atoms with Gasteiger partial charge in [0, 0.05) is 37.7 Å². The lowest BCUT2D eigenvalue weighted by Gasteiger charge is -2.57. The number of nitrogens with zero attached hydrogens (tertiary/aromatic N) is 2. The zero-order chi connectivity index (χ0) is 22.0. The van der Waals surface area contributed by atoms with Gasteiger partial charge < -0.3 is 9.30 Å². The Morgan fingerprint density at radius 1 is 1.16 bits per heavy atom. The molecule has 3 fully saturated rings. The number of Topliss-reactive ketones (excluding diaryl/α,β-unsaturated/α-hetero) is 1. The third-order valence-corrected chi connectivity index (χ3v) is 9.77. The predicted octanol–water partition coefficient (Wildman–Crippen LogP) is 5.13. The SMILES string of the molecule is CC(=O)OC1CCC2(C)C(=CCC3C2CCC2(C)C3CC(n3ccnc3)C2C(C)=O)C1. The first-order valence-electron chi connectivity index (χ1n) is 12.1. The number of esters is 1. The van der Waals surface area contributed by atoms with Crippen LogP contribution in [0.15, 0.2) is 30.4 Å². The zero-order valence-corrected chi connectivity index (χ0v) is 19.3. The lowest BCUT2D eigenvalue weighted by molar-refractivity contribution is -0.149. The normalized spacial score (nSPS) is 43.9. The maximum atomic E-state index is 12.9. The van der Waals surface area contributed by atoms with Crippen LogP contribution < -0.4 is 0 Å². The van der Waals surface area contributed by atoms with Gasteiger partial charge in [0.2, 0.25) is 0 Å². The van der Waals surface area contributed by atoms with Gasteiger partial charge in [0.1, 0.15) is 11.9 Å². The topological polar surface area (TPSA) is 61.2 Å². The number of carbonyl (C=O) groups is 2. The third-order valence-electron chi connectivity index (χ3n) is 9.77. The Kier molecular flexibility index (Phi) is 4.95. The highest BCUT2D eigenvalue weighted by atomic mass is 16.5. The molecule has 0 N–H and O–H groups in total. The van der Waals surface area contributed by atoms with Gasteiger partial charge in [-0.05, 0) is 74.0 Å². The van der Waals surface area contributed by atoms with E-state index in [2.05, 4.69) is 29.5 Å². The number of ether oxygens (including phenoxy) is 1. The van der Waals surface area contributed by atoms with Crippen molar-refractivity contribution in [3.8, 4) is 0 Å². The minimum atomic E-state index is -0.164. The maximum Gasteiger partial charge on any atom is 0.302 e. The molecule has 31 heavy (non-hydrogen) atoms. The van der Waals surface area contributed by atoms with E-state index in [4.69, 9.17) is 4.74 Å². The summed E-state index contributed by atoms with van der Waals surface area (Å²) in [5.74, 6) is 2.11.